The van der Waals surface area contributed by atoms with Crippen LogP contribution in [0.4, 0.5) is 15.0 Å². The molecule has 2 amide bonds. The zero-order valence-corrected chi connectivity index (χ0v) is 7.42. The number of urea groups is 1. The molecule has 0 saturated carbocycles. The van der Waals surface area contributed by atoms with Crippen molar-refractivity contribution in [2.24, 2.45) is 5.29 Å². The van der Waals surface area contributed by atoms with Crippen molar-refractivity contribution in [2.45, 2.75) is 0 Å². The van der Waals surface area contributed by atoms with Crippen LogP contribution in [-0.2, 0) is 0 Å². The lowest BCUT2D eigenvalue weighted by Crippen LogP contribution is -2.32. The third kappa shape index (κ3) is 2.03. The summed E-state index contributed by atoms with van der Waals surface area (Å²) in [5.41, 5.74) is 0.0491. The molecular formula is C8H8FN3O2. The number of anilines is 1. The van der Waals surface area contributed by atoms with Crippen molar-refractivity contribution in [1.82, 2.24) is 5.01 Å². The van der Waals surface area contributed by atoms with E-state index in [2.05, 4.69) is 5.29 Å². The molecule has 1 aromatic rings. The Bertz CT molecular complexity index is 331. The van der Waals surface area contributed by atoms with E-state index in [1.54, 1.807) is 18.2 Å². The molecule has 0 spiro atoms. The van der Waals surface area contributed by atoms with Gasteiger partial charge in [0, 0.05) is 7.05 Å². The smallest absolute Gasteiger partial charge is 0.243 e. The van der Waals surface area contributed by atoms with Crippen molar-refractivity contribution in [3.8, 4) is 0 Å². The maximum absolute atomic E-state index is 13.2. The Labute approximate surface area is 79.6 Å². The quantitative estimate of drug-likeness (QED) is 0.414. The minimum absolute atomic E-state index is 0.0491. The summed E-state index contributed by atoms with van der Waals surface area (Å²) in [7, 11) is 1.07. The van der Waals surface area contributed by atoms with Gasteiger partial charge in [-0.15, -0.1) is 10.0 Å². The van der Waals surface area contributed by atoms with E-state index in [1.165, 1.54) is 12.1 Å². The Kier molecular flexibility index (Phi) is 3.11. The first-order chi connectivity index (χ1) is 6.66. The second kappa shape index (κ2) is 4.31. The van der Waals surface area contributed by atoms with Gasteiger partial charge < -0.3 is 0 Å². The van der Waals surface area contributed by atoms with Gasteiger partial charge in [0.2, 0.25) is 0 Å². The second-order valence-electron chi connectivity index (χ2n) is 2.50. The number of hydrogen-bond donors (Lipinski definition) is 0. The maximum atomic E-state index is 13.2. The molecule has 0 N–H and O–H groups in total. The van der Waals surface area contributed by atoms with Crippen LogP contribution in [0.25, 0.3) is 0 Å². The van der Waals surface area contributed by atoms with Crippen LogP contribution in [0.15, 0.2) is 35.6 Å². The molecule has 0 aliphatic carbocycles. The molecule has 0 bridgehead atoms. The first-order valence-electron chi connectivity index (χ1n) is 3.78. The molecule has 5 nitrogen and oxygen atoms in total. The normalized spacial score (nSPS) is 9.29. The standard InChI is InChI=1S/C8H8FN3O2/c1-11(10-14)8(13)12(9)7-5-3-2-4-6-7/h2-6H,1H3. The molecule has 1 aromatic carbocycles. The highest BCUT2D eigenvalue weighted by molar-refractivity contribution is 5.89. The minimum Gasteiger partial charge on any atom is -0.243 e. The van der Waals surface area contributed by atoms with Gasteiger partial charge in [-0.1, -0.05) is 22.7 Å². The molecule has 1 rings (SSSR count). The lowest BCUT2D eigenvalue weighted by molar-refractivity contribution is 0.202. The van der Waals surface area contributed by atoms with E-state index in [1.807, 2.05) is 0 Å². The molecular weight excluding hydrogens is 189 g/mol. The monoisotopic (exact) mass is 197 g/mol. The summed E-state index contributed by atoms with van der Waals surface area (Å²) >= 11 is 0. The van der Waals surface area contributed by atoms with Crippen LogP contribution in [-0.4, -0.2) is 18.1 Å². The predicted octanol–water partition coefficient (Wildman–Crippen LogP) is 2.11. The number of para-hydroxylation sites is 1. The van der Waals surface area contributed by atoms with Gasteiger partial charge in [0.05, 0.1) is 11.0 Å². The summed E-state index contributed by atoms with van der Waals surface area (Å²) < 4.78 is 13.2. The summed E-state index contributed by atoms with van der Waals surface area (Å²) in [6.07, 6.45) is 0. The van der Waals surface area contributed by atoms with E-state index in [0.29, 0.717) is 5.01 Å². The summed E-state index contributed by atoms with van der Waals surface area (Å²) in [5.74, 6) is 0. The minimum atomic E-state index is -1.13. The topological polar surface area (TPSA) is 53.0 Å². The Morgan fingerprint density at radius 3 is 2.43 bits per heavy atom. The number of carbonyl (C=O) groups excluding carboxylic acids is 1. The second-order valence-corrected chi connectivity index (χ2v) is 2.50. The summed E-state index contributed by atoms with van der Waals surface area (Å²) in [6.45, 7) is 0. The van der Waals surface area contributed by atoms with Crippen molar-refractivity contribution in [1.29, 1.82) is 0 Å². The van der Waals surface area contributed by atoms with Gasteiger partial charge in [0.25, 0.3) is 0 Å². The fourth-order valence-corrected chi connectivity index (χ4v) is 0.831. The highest BCUT2D eigenvalue weighted by Gasteiger charge is 2.19. The van der Waals surface area contributed by atoms with Crippen LogP contribution in [0.1, 0.15) is 0 Å². The number of carbonyl (C=O) groups is 1. The largest absolute Gasteiger partial charge is 0.375 e. The Hall–Kier alpha value is -1.98. The van der Waals surface area contributed by atoms with E-state index in [9.17, 15) is 14.2 Å². The van der Waals surface area contributed by atoms with Crippen LogP contribution >= 0.6 is 0 Å². The van der Waals surface area contributed by atoms with Gasteiger partial charge in [-0.2, -0.15) is 5.01 Å². The zero-order chi connectivity index (χ0) is 10.6. The number of benzene rings is 1. The molecule has 74 valence electrons. The molecule has 0 aliphatic heterocycles. The number of hydrogen-bond acceptors (Lipinski definition) is 3. The first-order valence-corrected chi connectivity index (χ1v) is 3.78. The Morgan fingerprint density at radius 2 is 1.93 bits per heavy atom. The third-order valence-electron chi connectivity index (χ3n) is 1.55. The number of amides is 2. The molecule has 14 heavy (non-hydrogen) atoms. The summed E-state index contributed by atoms with van der Waals surface area (Å²) in [4.78, 5) is 21.0. The van der Waals surface area contributed by atoms with Crippen LogP contribution in [0.5, 0.6) is 0 Å². The van der Waals surface area contributed by atoms with E-state index >= 15 is 0 Å². The molecule has 0 saturated heterocycles. The van der Waals surface area contributed by atoms with Crippen LogP contribution < -0.4 is 5.12 Å². The van der Waals surface area contributed by atoms with Crippen LogP contribution in [0, 0.1) is 4.91 Å². The van der Waals surface area contributed by atoms with Crippen molar-refractivity contribution >= 4 is 11.7 Å². The van der Waals surface area contributed by atoms with Gasteiger partial charge in [0.1, 0.15) is 0 Å². The first kappa shape index (κ1) is 10.1. The van der Waals surface area contributed by atoms with Crippen molar-refractivity contribution in [2.75, 3.05) is 12.2 Å². The van der Waals surface area contributed by atoms with Gasteiger partial charge in [-0.05, 0) is 12.1 Å². The molecule has 0 radical (unpaired) electrons. The third-order valence-corrected chi connectivity index (χ3v) is 1.55. The van der Waals surface area contributed by atoms with E-state index in [-0.39, 0.29) is 10.8 Å². The zero-order valence-electron chi connectivity index (χ0n) is 7.42. The highest BCUT2D eigenvalue weighted by Crippen LogP contribution is 2.15. The summed E-state index contributed by atoms with van der Waals surface area (Å²) in [6, 6.07) is 6.50. The van der Waals surface area contributed by atoms with Gasteiger partial charge in [0.15, 0.2) is 0 Å². The average molecular weight is 197 g/mol. The van der Waals surface area contributed by atoms with Crippen LogP contribution in [0.2, 0.25) is 0 Å². The average Bonchev–Trinajstić information content (AvgIpc) is 2.27. The molecule has 0 aliphatic rings. The fourth-order valence-electron chi connectivity index (χ4n) is 0.831. The van der Waals surface area contributed by atoms with Crippen molar-refractivity contribution in [3.05, 3.63) is 35.2 Å². The molecule has 0 unspecified atom stereocenters. The Morgan fingerprint density at radius 1 is 1.36 bits per heavy atom. The van der Waals surface area contributed by atoms with E-state index < -0.39 is 6.03 Å². The molecule has 0 aromatic heterocycles. The number of halogens is 1. The van der Waals surface area contributed by atoms with Gasteiger partial charge in [-0.25, -0.2) is 4.79 Å². The van der Waals surface area contributed by atoms with E-state index in [0.717, 1.165) is 7.05 Å². The fraction of sp³-hybridized carbons (Fsp3) is 0.125. The maximum Gasteiger partial charge on any atom is 0.375 e. The van der Waals surface area contributed by atoms with Crippen molar-refractivity contribution < 1.29 is 9.28 Å². The molecule has 0 heterocycles. The number of nitroso groups, excluding NO2 is 1. The summed E-state index contributed by atoms with van der Waals surface area (Å²) in [5, 5.41) is 2.50. The number of rotatable bonds is 2. The molecule has 0 fully saturated rings. The molecule has 6 heteroatoms. The van der Waals surface area contributed by atoms with Crippen LogP contribution in [0.3, 0.4) is 0 Å². The highest BCUT2D eigenvalue weighted by atomic mass is 19.2. The Balaban J connectivity index is 2.80. The van der Waals surface area contributed by atoms with Crippen molar-refractivity contribution in [3.63, 3.8) is 0 Å². The van der Waals surface area contributed by atoms with E-state index in [4.69, 9.17) is 0 Å². The van der Waals surface area contributed by atoms with Gasteiger partial charge in [-0.3, -0.25) is 0 Å². The molecule has 0 atom stereocenters. The predicted molar refractivity (Wildman–Crippen MR) is 49.0 cm³/mol. The van der Waals surface area contributed by atoms with Gasteiger partial charge >= 0.3 is 6.03 Å². The lowest BCUT2D eigenvalue weighted by atomic mass is 10.3. The number of nitrogens with zero attached hydrogens (tertiary/aromatic N) is 3. The lowest BCUT2D eigenvalue weighted by Gasteiger charge is -2.14. The SMILES string of the molecule is CN(N=O)C(=O)N(F)c1ccccc1.